The molecule has 0 aliphatic carbocycles. The van der Waals surface area contributed by atoms with Gasteiger partial charge in [-0.1, -0.05) is 0 Å². The molecule has 0 bridgehead atoms. The summed E-state index contributed by atoms with van der Waals surface area (Å²) in [4.78, 5) is 0. The van der Waals surface area contributed by atoms with Crippen LogP contribution in [-0.2, 0) is 10.9 Å². The Labute approximate surface area is 117 Å². The minimum atomic E-state index is -0.832. The van der Waals surface area contributed by atoms with Crippen LogP contribution in [0.25, 0.3) is 0 Å². The van der Waals surface area contributed by atoms with Gasteiger partial charge in [0.2, 0.25) is 0 Å². The molecule has 0 aliphatic rings. The van der Waals surface area contributed by atoms with Crippen molar-refractivity contribution in [2.45, 2.75) is 0 Å². The maximum Gasteiger partial charge on any atom is 0.255 e. The molecule has 0 fully saturated rings. The standard InChI is InChI=1S/C18H3S/c1-4-7-10-13-16-19(17-14-11-8-5-2)18-15-12-9-6-3/h1-3H/q+1. The van der Waals surface area contributed by atoms with E-state index < -0.39 is 10.9 Å². The summed E-state index contributed by atoms with van der Waals surface area (Å²) in [6, 6.07) is 0. The third-order valence-corrected chi connectivity index (χ3v) is 1.97. The summed E-state index contributed by atoms with van der Waals surface area (Å²) < 4.78 is 0. The molecular weight excluding hydrogens is 248 g/mol. The summed E-state index contributed by atoms with van der Waals surface area (Å²) in [6.45, 7) is 0. The van der Waals surface area contributed by atoms with E-state index in [4.69, 9.17) is 19.3 Å². The van der Waals surface area contributed by atoms with E-state index in [0.717, 1.165) is 0 Å². The van der Waals surface area contributed by atoms with Gasteiger partial charge in [0.15, 0.2) is 15.8 Å². The molecule has 0 atom stereocenters. The SMILES string of the molecule is C#CC#CC#C[S+](C#CC#CC#C)C#CC#CC#C. The molecule has 0 spiro atoms. The normalized spacial score (nSPS) is 4.74. The Morgan fingerprint density at radius 1 is 0.421 bits per heavy atom. The van der Waals surface area contributed by atoms with Crippen LogP contribution >= 0.6 is 0 Å². The molecule has 0 heterocycles. The summed E-state index contributed by atoms with van der Waals surface area (Å²) >= 11 is 0. The third-order valence-electron chi connectivity index (χ3n) is 1.05. The minimum Gasteiger partial charge on any atom is -0.106 e. The smallest absolute Gasteiger partial charge is 0.106 e. The summed E-state index contributed by atoms with van der Waals surface area (Å²) in [6.07, 6.45) is 14.9. The zero-order valence-electron chi connectivity index (χ0n) is 9.64. The fraction of sp³-hybridized carbons (Fsp3) is 0. The van der Waals surface area contributed by atoms with Crippen LogP contribution in [0.2, 0.25) is 0 Å². The second-order valence-corrected chi connectivity index (χ2v) is 3.40. The highest BCUT2D eigenvalue weighted by Crippen LogP contribution is 1.88. The first-order valence-corrected chi connectivity index (χ1v) is 5.70. The zero-order valence-corrected chi connectivity index (χ0v) is 10.5. The quantitative estimate of drug-likeness (QED) is 0.432. The molecule has 0 N–H and O–H groups in total. The molecule has 0 radical (unpaired) electrons. The Bertz CT molecular complexity index is 707. The van der Waals surface area contributed by atoms with Crippen LogP contribution < -0.4 is 0 Å². The van der Waals surface area contributed by atoms with E-state index in [2.05, 4.69) is 86.8 Å². The van der Waals surface area contributed by atoms with Crippen LogP contribution in [0.5, 0.6) is 0 Å². The molecule has 0 aromatic carbocycles. The maximum atomic E-state index is 4.95. The van der Waals surface area contributed by atoms with Crippen molar-refractivity contribution in [2.24, 2.45) is 0 Å². The molecule has 0 saturated heterocycles. The van der Waals surface area contributed by atoms with Crippen LogP contribution in [0.4, 0.5) is 0 Å². The Morgan fingerprint density at radius 3 is 1.00 bits per heavy atom. The lowest BCUT2D eigenvalue weighted by atomic mass is 10.6. The largest absolute Gasteiger partial charge is 0.255 e. The molecular formula is C18H3S+. The second-order valence-electron chi connectivity index (χ2n) is 2.17. The first-order valence-electron chi connectivity index (χ1n) is 4.48. The minimum absolute atomic E-state index is 0.832. The van der Waals surface area contributed by atoms with E-state index in [1.54, 1.807) is 0 Å². The van der Waals surface area contributed by atoms with Gasteiger partial charge in [0.25, 0.3) is 10.9 Å². The van der Waals surface area contributed by atoms with Gasteiger partial charge < -0.3 is 0 Å². The molecule has 19 heavy (non-hydrogen) atoms. The Hall–Kier alpha value is -3.61. The molecule has 0 aromatic heterocycles. The van der Waals surface area contributed by atoms with Crippen LogP contribution in [0.1, 0.15) is 0 Å². The van der Waals surface area contributed by atoms with Gasteiger partial charge in [0.05, 0.1) is 0 Å². The molecule has 0 rings (SSSR count). The van der Waals surface area contributed by atoms with Crippen LogP contribution in [0, 0.1) is 106 Å². The van der Waals surface area contributed by atoms with Crippen molar-refractivity contribution < 1.29 is 0 Å². The van der Waals surface area contributed by atoms with Gasteiger partial charge in [-0.05, 0) is 35.5 Å². The van der Waals surface area contributed by atoms with Gasteiger partial charge in [-0.2, -0.15) is 0 Å². The second kappa shape index (κ2) is 12.5. The maximum absolute atomic E-state index is 4.95. The Morgan fingerprint density at radius 2 is 0.737 bits per heavy atom. The average Bonchev–Trinajstić information content (AvgIpc) is 2.43. The monoisotopic (exact) mass is 251 g/mol. The summed E-state index contributed by atoms with van der Waals surface area (Å²) in [5.74, 6) is 28.5. The first kappa shape index (κ1) is 15.4. The highest BCUT2D eigenvalue weighted by molar-refractivity contribution is 8.09. The van der Waals surface area contributed by atoms with Crippen molar-refractivity contribution in [1.82, 2.24) is 0 Å². The van der Waals surface area contributed by atoms with Crippen LogP contribution in [0.3, 0.4) is 0 Å². The van der Waals surface area contributed by atoms with Crippen molar-refractivity contribution in [3.05, 3.63) is 0 Å². The predicted octanol–water partition coefficient (Wildman–Crippen LogP) is 0.397. The van der Waals surface area contributed by atoms with Crippen molar-refractivity contribution in [1.29, 1.82) is 0 Å². The molecule has 0 nitrogen and oxygen atoms in total. The van der Waals surface area contributed by atoms with E-state index in [0.29, 0.717) is 0 Å². The topological polar surface area (TPSA) is 0 Å². The van der Waals surface area contributed by atoms with Crippen molar-refractivity contribution in [2.75, 3.05) is 0 Å². The predicted molar refractivity (Wildman–Crippen MR) is 80.5 cm³/mol. The van der Waals surface area contributed by atoms with Gasteiger partial charge in [-0.25, -0.2) is 0 Å². The molecule has 0 amide bonds. The molecule has 0 aliphatic heterocycles. The van der Waals surface area contributed by atoms with Gasteiger partial charge in [-0.3, -0.25) is 0 Å². The number of rotatable bonds is 0. The Balaban J connectivity index is 5.12. The van der Waals surface area contributed by atoms with Gasteiger partial charge in [0.1, 0.15) is 0 Å². The van der Waals surface area contributed by atoms with Crippen molar-refractivity contribution >= 4 is 10.9 Å². The molecule has 0 saturated carbocycles. The molecule has 80 valence electrons. The summed E-state index contributed by atoms with van der Waals surface area (Å²) in [5.41, 5.74) is 0. The number of hydrogen-bond donors (Lipinski definition) is 0. The Kier molecular flexibility index (Phi) is 10.1. The van der Waals surface area contributed by atoms with Gasteiger partial charge in [0, 0.05) is 35.5 Å². The highest BCUT2D eigenvalue weighted by atomic mass is 32.2. The van der Waals surface area contributed by atoms with E-state index >= 15 is 0 Å². The van der Waals surface area contributed by atoms with Crippen LogP contribution in [0.15, 0.2) is 0 Å². The van der Waals surface area contributed by atoms with Crippen LogP contribution in [-0.4, -0.2) is 0 Å². The van der Waals surface area contributed by atoms with Crippen molar-refractivity contribution in [3.63, 3.8) is 0 Å². The lowest BCUT2D eigenvalue weighted by molar-refractivity contribution is 2.43. The average molecular weight is 251 g/mol. The van der Waals surface area contributed by atoms with E-state index in [1.165, 1.54) is 0 Å². The fourth-order valence-corrected chi connectivity index (χ4v) is 1.12. The third kappa shape index (κ3) is 10.7. The number of terminal acetylenes is 3. The molecule has 0 unspecified atom stereocenters. The van der Waals surface area contributed by atoms with Gasteiger partial charge >= 0.3 is 0 Å². The zero-order chi connectivity index (χ0) is 14.2. The summed E-state index contributed by atoms with van der Waals surface area (Å²) in [5, 5.41) is 8.19. The lowest BCUT2D eigenvalue weighted by Crippen LogP contribution is -1.87. The van der Waals surface area contributed by atoms with Gasteiger partial charge in [-0.15, -0.1) is 19.3 Å². The number of hydrogen-bond acceptors (Lipinski definition) is 0. The lowest BCUT2D eigenvalue weighted by Gasteiger charge is -1.68. The van der Waals surface area contributed by atoms with Crippen molar-refractivity contribution in [3.8, 4) is 106 Å². The fourth-order valence-electron chi connectivity index (χ4n) is 0.508. The van der Waals surface area contributed by atoms with E-state index in [1.807, 2.05) is 0 Å². The summed E-state index contributed by atoms with van der Waals surface area (Å²) in [7, 11) is -0.832. The molecule has 0 aromatic rings. The highest BCUT2D eigenvalue weighted by Gasteiger charge is 2.08. The van der Waals surface area contributed by atoms with E-state index in [9.17, 15) is 0 Å². The van der Waals surface area contributed by atoms with E-state index in [-0.39, 0.29) is 0 Å². The molecule has 1 heteroatoms. The first-order chi connectivity index (χ1) is 9.35.